The Bertz CT molecular complexity index is 450. The Morgan fingerprint density at radius 3 is 2.92 bits per heavy atom. The number of hydrogen-bond donors (Lipinski definition) is 1. The molecule has 0 spiro atoms. The van der Waals surface area contributed by atoms with Crippen LogP contribution in [-0.4, -0.2) is 12.2 Å². The van der Waals surface area contributed by atoms with Gasteiger partial charge in [-0.15, -0.1) is 11.3 Å². The lowest BCUT2D eigenvalue weighted by atomic mass is 10.2. The molecule has 68 valence electrons. The van der Waals surface area contributed by atoms with Gasteiger partial charge in [0.25, 0.3) is 0 Å². The standard InChI is InChI=1S/C9H7BrO2S/c1-12-8-3-5(11)2-6-7(10)4-13-9(6)8/h2-4,11H,1H3. The predicted molar refractivity (Wildman–Crippen MR) is 57.7 cm³/mol. The van der Waals surface area contributed by atoms with E-state index in [1.54, 1.807) is 30.6 Å². The van der Waals surface area contributed by atoms with E-state index in [1.807, 2.05) is 5.38 Å². The van der Waals surface area contributed by atoms with Gasteiger partial charge in [0.15, 0.2) is 0 Å². The SMILES string of the molecule is COc1cc(O)cc2c(Br)csc12. The molecular formula is C9H7BrO2S. The van der Waals surface area contributed by atoms with Gasteiger partial charge >= 0.3 is 0 Å². The van der Waals surface area contributed by atoms with E-state index < -0.39 is 0 Å². The average molecular weight is 259 g/mol. The summed E-state index contributed by atoms with van der Waals surface area (Å²) >= 11 is 5.00. The van der Waals surface area contributed by atoms with Crippen LogP contribution in [0.3, 0.4) is 0 Å². The molecule has 0 aliphatic heterocycles. The molecule has 0 atom stereocenters. The number of ether oxygens (including phenoxy) is 1. The smallest absolute Gasteiger partial charge is 0.140 e. The van der Waals surface area contributed by atoms with Crippen molar-refractivity contribution in [3.8, 4) is 11.5 Å². The van der Waals surface area contributed by atoms with Crippen LogP contribution in [0.1, 0.15) is 0 Å². The van der Waals surface area contributed by atoms with Gasteiger partial charge in [0.2, 0.25) is 0 Å². The molecule has 0 saturated carbocycles. The Balaban J connectivity index is 2.84. The van der Waals surface area contributed by atoms with E-state index in [0.29, 0.717) is 5.75 Å². The van der Waals surface area contributed by atoms with Crippen LogP contribution in [0.25, 0.3) is 10.1 Å². The van der Waals surface area contributed by atoms with E-state index in [2.05, 4.69) is 15.9 Å². The van der Waals surface area contributed by atoms with Gasteiger partial charge < -0.3 is 9.84 Å². The number of fused-ring (bicyclic) bond motifs is 1. The van der Waals surface area contributed by atoms with Crippen molar-refractivity contribution < 1.29 is 9.84 Å². The van der Waals surface area contributed by atoms with Gasteiger partial charge in [-0.1, -0.05) is 0 Å². The van der Waals surface area contributed by atoms with Gasteiger partial charge in [-0.2, -0.15) is 0 Å². The van der Waals surface area contributed by atoms with Crippen molar-refractivity contribution in [1.29, 1.82) is 0 Å². The highest BCUT2D eigenvalue weighted by molar-refractivity contribution is 9.10. The molecule has 2 rings (SSSR count). The molecule has 0 radical (unpaired) electrons. The van der Waals surface area contributed by atoms with Gasteiger partial charge in [0.1, 0.15) is 11.5 Å². The normalized spacial score (nSPS) is 10.6. The number of halogens is 1. The number of phenolic OH excluding ortho intramolecular Hbond substituents is 1. The third kappa shape index (κ3) is 1.40. The van der Waals surface area contributed by atoms with Crippen LogP contribution in [0.2, 0.25) is 0 Å². The molecule has 1 heterocycles. The molecule has 13 heavy (non-hydrogen) atoms. The Morgan fingerprint density at radius 1 is 1.46 bits per heavy atom. The summed E-state index contributed by atoms with van der Waals surface area (Å²) in [6.45, 7) is 0. The maximum Gasteiger partial charge on any atom is 0.140 e. The second kappa shape index (κ2) is 3.20. The predicted octanol–water partition coefficient (Wildman–Crippen LogP) is 3.38. The summed E-state index contributed by atoms with van der Waals surface area (Å²) in [5.41, 5.74) is 0. The minimum absolute atomic E-state index is 0.225. The third-order valence-electron chi connectivity index (χ3n) is 1.80. The molecule has 1 N–H and O–H groups in total. The van der Waals surface area contributed by atoms with E-state index in [-0.39, 0.29) is 5.75 Å². The molecular weight excluding hydrogens is 252 g/mol. The lowest BCUT2D eigenvalue weighted by Crippen LogP contribution is -1.81. The van der Waals surface area contributed by atoms with Crippen LogP contribution in [0, 0.1) is 0 Å². The van der Waals surface area contributed by atoms with Crippen molar-refractivity contribution in [1.82, 2.24) is 0 Å². The molecule has 4 heteroatoms. The van der Waals surface area contributed by atoms with Crippen molar-refractivity contribution in [2.24, 2.45) is 0 Å². The zero-order chi connectivity index (χ0) is 9.42. The number of phenols is 1. The zero-order valence-corrected chi connectivity index (χ0v) is 9.28. The number of thiophene rings is 1. The number of methoxy groups -OCH3 is 1. The summed E-state index contributed by atoms with van der Waals surface area (Å²) in [5, 5.41) is 12.4. The molecule has 0 fully saturated rings. The molecule has 0 bridgehead atoms. The van der Waals surface area contributed by atoms with E-state index in [1.165, 1.54) is 0 Å². The summed E-state index contributed by atoms with van der Waals surface area (Å²) in [7, 11) is 1.60. The molecule has 0 aliphatic rings. The van der Waals surface area contributed by atoms with Crippen molar-refractivity contribution in [3.63, 3.8) is 0 Å². The highest BCUT2D eigenvalue weighted by Gasteiger charge is 2.08. The minimum Gasteiger partial charge on any atom is -0.508 e. The van der Waals surface area contributed by atoms with Crippen molar-refractivity contribution >= 4 is 37.4 Å². The van der Waals surface area contributed by atoms with E-state index in [9.17, 15) is 5.11 Å². The van der Waals surface area contributed by atoms with E-state index in [0.717, 1.165) is 14.6 Å². The molecule has 2 nitrogen and oxygen atoms in total. The van der Waals surface area contributed by atoms with E-state index >= 15 is 0 Å². The maximum absolute atomic E-state index is 9.39. The molecule has 0 amide bonds. The van der Waals surface area contributed by atoms with Gasteiger partial charge in [0.05, 0.1) is 11.8 Å². The van der Waals surface area contributed by atoms with E-state index in [4.69, 9.17) is 4.74 Å². The van der Waals surface area contributed by atoms with Gasteiger partial charge in [-0.25, -0.2) is 0 Å². The van der Waals surface area contributed by atoms with Gasteiger partial charge in [-0.3, -0.25) is 0 Å². The Morgan fingerprint density at radius 2 is 2.23 bits per heavy atom. The fourth-order valence-electron chi connectivity index (χ4n) is 1.21. The number of hydrogen-bond acceptors (Lipinski definition) is 3. The second-order valence-corrected chi connectivity index (χ2v) is 4.34. The molecule has 0 unspecified atom stereocenters. The molecule has 0 saturated heterocycles. The topological polar surface area (TPSA) is 29.5 Å². The third-order valence-corrected chi connectivity index (χ3v) is 3.77. The van der Waals surface area contributed by atoms with Crippen LogP contribution in [0.15, 0.2) is 22.0 Å². The number of benzene rings is 1. The fraction of sp³-hybridized carbons (Fsp3) is 0.111. The van der Waals surface area contributed by atoms with Crippen LogP contribution < -0.4 is 4.74 Å². The summed E-state index contributed by atoms with van der Waals surface area (Å²) < 4.78 is 7.19. The van der Waals surface area contributed by atoms with Crippen molar-refractivity contribution in [2.75, 3.05) is 7.11 Å². The highest BCUT2D eigenvalue weighted by Crippen LogP contribution is 2.39. The van der Waals surface area contributed by atoms with Gasteiger partial charge in [0, 0.05) is 21.3 Å². The monoisotopic (exact) mass is 258 g/mol. The first-order chi connectivity index (χ1) is 6.22. The fourth-order valence-corrected chi connectivity index (χ4v) is 2.84. The summed E-state index contributed by atoms with van der Waals surface area (Å²) in [6.07, 6.45) is 0. The van der Waals surface area contributed by atoms with Crippen molar-refractivity contribution in [3.05, 3.63) is 22.0 Å². The minimum atomic E-state index is 0.225. The Hall–Kier alpha value is -0.740. The average Bonchev–Trinajstić information content (AvgIpc) is 2.47. The largest absolute Gasteiger partial charge is 0.508 e. The lowest BCUT2D eigenvalue weighted by molar-refractivity contribution is 0.413. The molecule has 0 aliphatic carbocycles. The lowest BCUT2D eigenvalue weighted by Gasteiger charge is -2.02. The first-order valence-electron chi connectivity index (χ1n) is 3.66. The van der Waals surface area contributed by atoms with Crippen LogP contribution >= 0.6 is 27.3 Å². The summed E-state index contributed by atoms with van der Waals surface area (Å²) in [4.78, 5) is 0. The van der Waals surface area contributed by atoms with Crippen molar-refractivity contribution in [2.45, 2.75) is 0 Å². The molecule has 2 aromatic rings. The molecule has 1 aromatic heterocycles. The number of rotatable bonds is 1. The van der Waals surface area contributed by atoms with Gasteiger partial charge in [-0.05, 0) is 22.0 Å². The second-order valence-electron chi connectivity index (χ2n) is 2.61. The summed E-state index contributed by atoms with van der Waals surface area (Å²) in [5.74, 6) is 0.939. The number of aromatic hydroxyl groups is 1. The highest BCUT2D eigenvalue weighted by atomic mass is 79.9. The quantitative estimate of drug-likeness (QED) is 0.850. The Kier molecular flexibility index (Phi) is 2.17. The molecule has 1 aromatic carbocycles. The zero-order valence-electron chi connectivity index (χ0n) is 6.87. The van der Waals surface area contributed by atoms with Crippen LogP contribution in [-0.2, 0) is 0 Å². The first kappa shape index (κ1) is 8.84. The maximum atomic E-state index is 9.39. The van der Waals surface area contributed by atoms with Crippen LogP contribution in [0.4, 0.5) is 0 Å². The first-order valence-corrected chi connectivity index (χ1v) is 5.33. The Labute approximate surface area is 87.9 Å². The summed E-state index contributed by atoms with van der Waals surface area (Å²) in [6, 6.07) is 3.34. The van der Waals surface area contributed by atoms with Crippen LogP contribution in [0.5, 0.6) is 11.5 Å².